The maximum Gasteiger partial charge on any atom is 0.0514 e. The van der Waals surface area contributed by atoms with Crippen molar-refractivity contribution < 1.29 is 0 Å². The minimum atomic E-state index is 0.428. The van der Waals surface area contributed by atoms with Gasteiger partial charge in [0.05, 0.1) is 6.54 Å². The summed E-state index contributed by atoms with van der Waals surface area (Å²) in [7, 11) is 0. The third kappa shape index (κ3) is 3.13. The highest BCUT2D eigenvalue weighted by atomic mass is 127. The van der Waals surface area contributed by atoms with Crippen LogP contribution in [0.3, 0.4) is 0 Å². The van der Waals surface area contributed by atoms with Crippen molar-refractivity contribution in [2.75, 3.05) is 31.1 Å². The molecule has 1 fully saturated rings. The van der Waals surface area contributed by atoms with E-state index in [-0.39, 0.29) is 0 Å². The molecule has 0 atom stereocenters. The molecule has 0 radical (unpaired) electrons. The second-order valence-corrected chi connectivity index (χ2v) is 5.90. The first kappa shape index (κ1) is 14.4. The van der Waals surface area contributed by atoms with E-state index in [9.17, 15) is 0 Å². The lowest BCUT2D eigenvalue weighted by molar-refractivity contribution is 0.587. The third-order valence-corrected chi connectivity index (χ3v) is 4.71. The molecule has 1 aromatic carbocycles. The summed E-state index contributed by atoms with van der Waals surface area (Å²) >= 11 is 2.36. The van der Waals surface area contributed by atoms with E-state index < -0.39 is 0 Å². The van der Waals surface area contributed by atoms with E-state index in [1.54, 1.807) is 0 Å². The molecule has 1 aromatic rings. The first-order valence-corrected chi connectivity index (χ1v) is 7.48. The van der Waals surface area contributed by atoms with Crippen molar-refractivity contribution in [1.29, 1.82) is 0 Å². The summed E-state index contributed by atoms with van der Waals surface area (Å²) < 4.78 is 1.24. The predicted octanol–water partition coefficient (Wildman–Crippen LogP) is 3.13. The van der Waals surface area contributed by atoms with Crippen LogP contribution in [0, 0.1) is 17.4 Å². The first-order valence-electron chi connectivity index (χ1n) is 6.40. The van der Waals surface area contributed by atoms with Gasteiger partial charge in [0.1, 0.15) is 0 Å². The monoisotopic (exact) mass is 371 g/mol. The van der Waals surface area contributed by atoms with Gasteiger partial charge < -0.3 is 10.2 Å². The number of halogens is 1. The summed E-state index contributed by atoms with van der Waals surface area (Å²) in [6, 6.07) is 2.13. The SMILES string of the molecule is Cc1c(I)cc(CN=[N+]=[N-])c(C)c1N1CCNCC1. The van der Waals surface area contributed by atoms with Crippen molar-refractivity contribution >= 4 is 28.3 Å². The van der Waals surface area contributed by atoms with Crippen LogP contribution in [-0.4, -0.2) is 26.2 Å². The second-order valence-electron chi connectivity index (χ2n) is 4.74. The number of hydrogen-bond donors (Lipinski definition) is 1. The van der Waals surface area contributed by atoms with Gasteiger partial charge >= 0.3 is 0 Å². The molecule has 1 N–H and O–H groups in total. The second kappa shape index (κ2) is 6.45. The van der Waals surface area contributed by atoms with Gasteiger partial charge in [0.2, 0.25) is 0 Å². The zero-order chi connectivity index (χ0) is 13.8. The Bertz CT molecular complexity index is 516. The molecule has 5 nitrogen and oxygen atoms in total. The van der Waals surface area contributed by atoms with Crippen molar-refractivity contribution in [1.82, 2.24) is 5.32 Å². The summed E-state index contributed by atoms with van der Waals surface area (Å²) in [6.45, 7) is 8.83. The lowest BCUT2D eigenvalue weighted by atomic mass is 10.0. The van der Waals surface area contributed by atoms with E-state index in [2.05, 4.69) is 62.7 Å². The number of nitrogens with one attached hydrogen (secondary N) is 1. The standard InChI is InChI=1S/C13H18IN5/c1-9-11(8-17-18-15)7-12(14)10(2)13(9)19-5-3-16-4-6-19/h7,16H,3-6,8H2,1-2H3. The van der Waals surface area contributed by atoms with Crippen LogP contribution in [0.1, 0.15) is 16.7 Å². The third-order valence-electron chi connectivity index (χ3n) is 3.59. The quantitative estimate of drug-likeness (QED) is 0.384. The summed E-state index contributed by atoms with van der Waals surface area (Å²) in [5.74, 6) is 0. The van der Waals surface area contributed by atoms with E-state index in [4.69, 9.17) is 5.53 Å². The highest BCUT2D eigenvalue weighted by Gasteiger charge is 2.18. The van der Waals surface area contributed by atoms with Gasteiger partial charge in [-0.3, -0.25) is 0 Å². The molecule has 1 aliphatic rings. The van der Waals surface area contributed by atoms with Gasteiger partial charge in [0, 0.05) is 40.3 Å². The van der Waals surface area contributed by atoms with Crippen molar-refractivity contribution in [3.8, 4) is 0 Å². The van der Waals surface area contributed by atoms with Crippen molar-refractivity contribution in [2.24, 2.45) is 5.11 Å². The molecule has 6 heteroatoms. The Morgan fingerprint density at radius 1 is 1.37 bits per heavy atom. The van der Waals surface area contributed by atoms with E-state index >= 15 is 0 Å². The number of anilines is 1. The summed E-state index contributed by atoms with van der Waals surface area (Å²) in [5.41, 5.74) is 13.5. The summed E-state index contributed by atoms with van der Waals surface area (Å²) in [4.78, 5) is 5.30. The molecule has 0 saturated carbocycles. The molecule has 1 aliphatic heterocycles. The number of rotatable bonds is 3. The van der Waals surface area contributed by atoms with Crippen LogP contribution in [0.2, 0.25) is 0 Å². The predicted molar refractivity (Wildman–Crippen MR) is 86.6 cm³/mol. The number of azide groups is 1. The fourth-order valence-corrected chi connectivity index (χ4v) is 3.18. The van der Waals surface area contributed by atoms with Gasteiger partial charge in [-0.1, -0.05) is 5.11 Å². The molecule has 0 spiro atoms. The van der Waals surface area contributed by atoms with Gasteiger partial charge in [-0.25, -0.2) is 0 Å². The molecule has 2 rings (SSSR count). The minimum absolute atomic E-state index is 0.428. The Balaban J connectivity index is 2.44. The Kier molecular flexibility index (Phi) is 4.90. The molecule has 0 bridgehead atoms. The highest BCUT2D eigenvalue weighted by molar-refractivity contribution is 14.1. The van der Waals surface area contributed by atoms with Gasteiger partial charge in [-0.15, -0.1) is 0 Å². The Morgan fingerprint density at radius 3 is 2.68 bits per heavy atom. The van der Waals surface area contributed by atoms with Gasteiger partial charge in [-0.05, 0) is 64.7 Å². The molecule has 1 saturated heterocycles. The van der Waals surface area contributed by atoms with Crippen molar-refractivity contribution in [3.05, 3.63) is 36.8 Å². The zero-order valence-corrected chi connectivity index (χ0v) is 13.4. The van der Waals surface area contributed by atoms with Gasteiger partial charge in [0.15, 0.2) is 0 Å². The molecule has 1 heterocycles. The zero-order valence-electron chi connectivity index (χ0n) is 11.3. The number of hydrogen-bond acceptors (Lipinski definition) is 3. The van der Waals surface area contributed by atoms with Crippen LogP contribution >= 0.6 is 22.6 Å². The minimum Gasteiger partial charge on any atom is -0.369 e. The van der Waals surface area contributed by atoms with Crippen molar-refractivity contribution in [3.63, 3.8) is 0 Å². The molecular weight excluding hydrogens is 353 g/mol. The van der Waals surface area contributed by atoms with Crippen LogP contribution in [-0.2, 0) is 6.54 Å². The van der Waals surface area contributed by atoms with E-state index in [0.717, 1.165) is 31.7 Å². The molecule has 0 amide bonds. The maximum absolute atomic E-state index is 8.50. The van der Waals surface area contributed by atoms with Gasteiger partial charge in [-0.2, -0.15) is 0 Å². The van der Waals surface area contributed by atoms with E-state index in [0.29, 0.717) is 6.54 Å². The van der Waals surface area contributed by atoms with Gasteiger partial charge in [0.25, 0.3) is 0 Å². The average molecular weight is 371 g/mol. The highest BCUT2D eigenvalue weighted by Crippen LogP contribution is 2.32. The Labute approximate surface area is 127 Å². The average Bonchev–Trinajstić information content (AvgIpc) is 2.43. The molecule has 19 heavy (non-hydrogen) atoms. The molecule has 0 aromatic heterocycles. The number of benzene rings is 1. The van der Waals surface area contributed by atoms with Crippen LogP contribution in [0.15, 0.2) is 11.2 Å². The fraction of sp³-hybridized carbons (Fsp3) is 0.538. The smallest absolute Gasteiger partial charge is 0.0514 e. The lowest BCUT2D eigenvalue weighted by Gasteiger charge is -2.33. The summed E-state index contributed by atoms with van der Waals surface area (Å²) in [6.07, 6.45) is 0. The lowest BCUT2D eigenvalue weighted by Crippen LogP contribution is -2.44. The summed E-state index contributed by atoms with van der Waals surface area (Å²) in [5, 5.41) is 7.08. The van der Waals surface area contributed by atoms with Crippen molar-refractivity contribution in [2.45, 2.75) is 20.4 Å². The number of nitrogens with zero attached hydrogens (tertiary/aromatic N) is 4. The van der Waals surface area contributed by atoms with E-state index in [1.165, 1.54) is 20.4 Å². The van der Waals surface area contributed by atoms with Crippen LogP contribution < -0.4 is 10.2 Å². The molecule has 0 unspecified atom stereocenters. The first-order chi connectivity index (χ1) is 9.15. The van der Waals surface area contributed by atoms with Crippen LogP contribution in [0.25, 0.3) is 10.4 Å². The Hall–Kier alpha value is -0.980. The molecule has 102 valence electrons. The topological polar surface area (TPSA) is 64.0 Å². The number of piperazine rings is 1. The largest absolute Gasteiger partial charge is 0.369 e. The van der Waals surface area contributed by atoms with Crippen LogP contribution in [0.5, 0.6) is 0 Å². The molecular formula is C13H18IN5. The Morgan fingerprint density at radius 2 is 2.05 bits per heavy atom. The van der Waals surface area contributed by atoms with Crippen LogP contribution in [0.4, 0.5) is 5.69 Å². The fourth-order valence-electron chi connectivity index (χ4n) is 2.55. The normalized spacial score (nSPS) is 15.2. The maximum atomic E-state index is 8.50. The molecule has 0 aliphatic carbocycles. The van der Waals surface area contributed by atoms with E-state index in [1.807, 2.05) is 0 Å².